The smallest absolute Gasteiger partial charge is 0.308 e. The minimum atomic E-state index is -0.295. The van der Waals surface area contributed by atoms with Crippen LogP contribution in [0.4, 0.5) is 0 Å². The average Bonchev–Trinajstić information content (AvgIpc) is 2.70. The van der Waals surface area contributed by atoms with Crippen molar-refractivity contribution in [2.75, 3.05) is 13.7 Å². The summed E-state index contributed by atoms with van der Waals surface area (Å²) in [5, 5.41) is 0. The number of hydrogen-bond acceptors (Lipinski definition) is 3. The Kier molecular flexibility index (Phi) is 4.36. The molecule has 1 saturated carbocycles. The van der Waals surface area contributed by atoms with E-state index in [9.17, 15) is 4.79 Å². The van der Waals surface area contributed by atoms with E-state index in [1.165, 1.54) is 29.4 Å². The highest BCUT2D eigenvalue weighted by Crippen LogP contribution is 2.51. The van der Waals surface area contributed by atoms with Crippen molar-refractivity contribution in [3.63, 3.8) is 0 Å². The molecule has 136 valence electrons. The van der Waals surface area contributed by atoms with Crippen molar-refractivity contribution >= 4 is 5.97 Å². The van der Waals surface area contributed by atoms with Gasteiger partial charge >= 0.3 is 5.97 Å². The van der Waals surface area contributed by atoms with Gasteiger partial charge in [-0.3, -0.25) is 4.79 Å². The second-order valence-electron chi connectivity index (χ2n) is 7.95. The maximum absolute atomic E-state index is 11.7. The van der Waals surface area contributed by atoms with Crippen molar-refractivity contribution in [2.24, 2.45) is 0 Å². The van der Waals surface area contributed by atoms with Gasteiger partial charge in [-0.15, -0.1) is 0 Å². The predicted molar refractivity (Wildman–Crippen MR) is 102 cm³/mol. The van der Waals surface area contributed by atoms with Crippen molar-refractivity contribution in [3.05, 3.63) is 59.7 Å². The molecule has 0 radical (unpaired) electrons. The summed E-state index contributed by atoms with van der Waals surface area (Å²) in [6, 6.07) is 17.6. The molecular formula is C23H26O3. The minimum Gasteiger partial charge on any atom is -0.469 e. The lowest BCUT2D eigenvalue weighted by Gasteiger charge is -2.53. The summed E-state index contributed by atoms with van der Waals surface area (Å²) in [5.74, 6) is -0.165. The number of carbonyl (C=O) groups is 1. The van der Waals surface area contributed by atoms with Crippen LogP contribution in [-0.4, -0.2) is 25.3 Å². The third kappa shape index (κ3) is 3.05. The molecule has 3 nitrogen and oxygen atoms in total. The molecule has 26 heavy (non-hydrogen) atoms. The Hall–Kier alpha value is -2.13. The molecule has 3 aliphatic rings. The lowest BCUT2D eigenvalue weighted by Crippen LogP contribution is -2.54. The van der Waals surface area contributed by atoms with Crippen LogP contribution < -0.4 is 0 Å². The van der Waals surface area contributed by atoms with Crippen LogP contribution in [0.25, 0.3) is 11.1 Å². The van der Waals surface area contributed by atoms with Crippen LogP contribution in [0.1, 0.15) is 43.2 Å². The number of esters is 1. The van der Waals surface area contributed by atoms with E-state index in [-0.39, 0.29) is 17.0 Å². The van der Waals surface area contributed by atoms with E-state index in [0.29, 0.717) is 13.0 Å². The summed E-state index contributed by atoms with van der Waals surface area (Å²) in [5.41, 5.74) is 4.94. The Bertz CT molecular complexity index is 765. The van der Waals surface area contributed by atoms with Gasteiger partial charge in [-0.25, -0.2) is 0 Å². The van der Waals surface area contributed by atoms with Gasteiger partial charge in [0.15, 0.2) is 0 Å². The molecule has 2 bridgehead atoms. The quantitative estimate of drug-likeness (QED) is 0.743. The van der Waals surface area contributed by atoms with Crippen molar-refractivity contribution in [2.45, 2.75) is 50.0 Å². The molecule has 2 aliphatic heterocycles. The van der Waals surface area contributed by atoms with Gasteiger partial charge in [0, 0.05) is 5.41 Å². The lowest BCUT2D eigenvalue weighted by molar-refractivity contribution is -0.176. The fourth-order valence-electron chi connectivity index (χ4n) is 4.46. The maximum atomic E-state index is 11.7. The van der Waals surface area contributed by atoms with Gasteiger partial charge in [0.05, 0.1) is 25.7 Å². The van der Waals surface area contributed by atoms with Gasteiger partial charge < -0.3 is 9.47 Å². The number of ether oxygens (including phenoxy) is 2. The molecule has 3 fully saturated rings. The van der Waals surface area contributed by atoms with Gasteiger partial charge in [-0.05, 0) is 49.3 Å². The Balaban J connectivity index is 1.51. The predicted octanol–water partition coefficient (Wildman–Crippen LogP) is 4.81. The molecule has 0 unspecified atom stereocenters. The van der Waals surface area contributed by atoms with E-state index in [1.807, 2.05) is 0 Å². The Morgan fingerprint density at radius 3 is 2.04 bits per heavy atom. The fourth-order valence-corrected chi connectivity index (χ4v) is 4.46. The van der Waals surface area contributed by atoms with E-state index in [4.69, 9.17) is 9.47 Å². The van der Waals surface area contributed by atoms with Crippen molar-refractivity contribution in [1.29, 1.82) is 0 Å². The largest absolute Gasteiger partial charge is 0.469 e. The average molecular weight is 350 g/mol. The van der Waals surface area contributed by atoms with Crippen LogP contribution in [0.3, 0.4) is 0 Å². The highest BCUT2D eigenvalue weighted by Gasteiger charge is 2.51. The topological polar surface area (TPSA) is 35.5 Å². The molecule has 0 aromatic heterocycles. The first-order valence-corrected chi connectivity index (χ1v) is 9.43. The summed E-state index contributed by atoms with van der Waals surface area (Å²) < 4.78 is 11.1. The minimum absolute atomic E-state index is 0.101. The first-order chi connectivity index (χ1) is 12.5. The zero-order valence-electron chi connectivity index (χ0n) is 15.6. The third-order valence-corrected chi connectivity index (χ3v) is 6.35. The van der Waals surface area contributed by atoms with Crippen LogP contribution in [0, 0.1) is 6.92 Å². The number of fused-ring (bicyclic) bond motifs is 3. The van der Waals surface area contributed by atoms with Crippen molar-refractivity contribution < 1.29 is 14.3 Å². The zero-order chi connectivity index (χ0) is 18.2. The molecule has 3 heteroatoms. The molecule has 2 aromatic carbocycles. The van der Waals surface area contributed by atoms with Crippen molar-refractivity contribution in [1.82, 2.24) is 0 Å². The van der Waals surface area contributed by atoms with Crippen LogP contribution in [0.2, 0.25) is 0 Å². The van der Waals surface area contributed by atoms with E-state index < -0.39 is 0 Å². The normalized spacial score (nSPS) is 27.3. The molecule has 2 aromatic rings. The van der Waals surface area contributed by atoms with E-state index >= 15 is 0 Å². The lowest BCUT2D eigenvalue weighted by atomic mass is 9.62. The Morgan fingerprint density at radius 1 is 0.962 bits per heavy atom. The van der Waals surface area contributed by atoms with Gasteiger partial charge in [-0.1, -0.05) is 54.1 Å². The second-order valence-corrected chi connectivity index (χ2v) is 7.95. The molecule has 0 N–H and O–H groups in total. The SMILES string of the molecule is COC(=O)CC12CCC(c3ccc(-c4ccc(C)cc4)cc3)(CC1)CO2. The van der Waals surface area contributed by atoms with E-state index in [0.717, 1.165) is 25.7 Å². The van der Waals surface area contributed by atoms with Crippen LogP contribution in [0.15, 0.2) is 48.5 Å². The molecule has 0 spiro atoms. The van der Waals surface area contributed by atoms with Gasteiger partial charge in [0.2, 0.25) is 0 Å². The molecule has 1 aliphatic carbocycles. The molecular weight excluding hydrogens is 324 g/mol. The number of carbonyl (C=O) groups excluding carboxylic acids is 1. The molecule has 0 amide bonds. The number of methoxy groups -OCH3 is 1. The number of rotatable bonds is 4. The Labute approximate surface area is 155 Å². The Morgan fingerprint density at radius 2 is 1.54 bits per heavy atom. The molecule has 0 atom stereocenters. The summed E-state index contributed by atoms with van der Waals surface area (Å²) in [6.07, 6.45) is 4.40. The van der Waals surface area contributed by atoms with Gasteiger partial charge in [0.25, 0.3) is 0 Å². The number of aryl methyl sites for hydroxylation is 1. The van der Waals surface area contributed by atoms with Gasteiger partial charge in [-0.2, -0.15) is 0 Å². The summed E-state index contributed by atoms with van der Waals surface area (Å²) in [4.78, 5) is 11.7. The summed E-state index contributed by atoms with van der Waals surface area (Å²) >= 11 is 0. The molecule has 2 heterocycles. The molecule has 2 saturated heterocycles. The highest BCUT2D eigenvalue weighted by atomic mass is 16.5. The second kappa shape index (κ2) is 6.55. The molecule has 5 rings (SSSR count). The van der Waals surface area contributed by atoms with Crippen LogP contribution in [-0.2, 0) is 19.7 Å². The monoisotopic (exact) mass is 350 g/mol. The standard InChI is InChI=1S/C23H26O3/c1-17-3-5-18(6-4-17)19-7-9-20(10-8-19)22-11-13-23(14-12-22,26-16-22)15-21(24)25-2/h3-10H,11-16H2,1-2H3. The fraction of sp³-hybridized carbons (Fsp3) is 0.435. The first kappa shape index (κ1) is 17.3. The van der Waals surface area contributed by atoms with Crippen LogP contribution in [0.5, 0.6) is 0 Å². The number of benzene rings is 2. The maximum Gasteiger partial charge on any atom is 0.308 e. The number of hydrogen-bond donors (Lipinski definition) is 0. The summed E-state index contributed by atoms with van der Waals surface area (Å²) in [6.45, 7) is 2.81. The van der Waals surface area contributed by atoms with Crippen LogP contribution >= 0.6 is 0 Å². The zero-order valence-corrected chi connectivity index (χ0v) is 15.6. The van der Waals surface area contributed by atoms with Gasteiger partial charge in [0.1, 0.15) is 0 Å². The van der Waals surface area contributed by atoms with E-state index in [2.05, 4.69) is 55.5 Å². The summed E-state index contributed by atoms with van der Waals surface area (Å²) in [7, 11) is 1.45. The third-order valence-electron chi connectivity index (χ3n) is 6.35. The highest BCUT2D eigenvalue weighted by molar-refractivity contribution is 5.70. The van der Waals surface area contributed by atoms with Crippen molar-refractivity contribution in [3.8, 4) is 11.1 Å². The first-order valence-electron chi connectivity index (χ1n) is 9.43. The van der Waals surface area contributed by atoms with E-state index in [1.54, 1.807) is 0 Å².